The molecule has 0 bridgehead atoms. The summed E-state index contributed by atoms with van der Waals surface area (Å²) in [5.74, 6) is -0.147. The molecule has 1 atom stereocenters. The summed E-state index contributed by atoms with van der Waals surface area (Å²) >= 11 is 1.55. The summed E-state index contributed by atoms with van der Waals surface area (Å²) < 4.78 is 22.7. The molecule has 2 amide bonds. The van der Waals surface area contributed by atoms with Gasteiger partial charge in [0.1, 0.15) is 6.04 Å². The molecule has 0 saturated carbocycles. The number of amides is 2. The van der Waals surface area contributed by atoms with Crippen LogP contribution in [-0.2, 0) is 38.1 Å². The second kappa shape index (κ2) is 8.87. The molecule has 0 aliphatic carbocycles. The molecule has 1 aromatic heterocycles. The molecule has 1 saturated heterocycles. The molecule has 2 heterocycles. The third-order valence-electron chi connectivity index (χ3n) is 4.70. The number of carbonyl (C=O) groups is 2. The third kappa shape index (κ3) is 5.65. The van der Waals surface area contributed by atoms with Gasteiger partial charge in [-0.1, -0.05) is 30.3 Å². The van der Waals surface area contributed by atoms with Crippen molar-refractivity contribution in [1.29, 1.82) is 0 Å². The SMILES string of the molecule is CS(=O)(=O)Cc1ccc(CNC(=O)C2CCCN2C(=O)Cc2cccs2)cc1. The largest absolute Gasteiger partial charge is 0.350 e. The lowest BCUT2D eigenvalue weighted by Crippen LogP contribution is -2.46. The van der Waals surface area contributed by atoms with Gasteiger partial charge < -0.3 is 10.2 Å². The van der Waals surface area contributed by atoms with E-state index in [0.717, 1.165) is 22.4 Å². The van der Waals surface area contributed by atoms with Gasteiger partial charge in [-0.15, -0.1) is 11.3 Å². The van der Waals surface area contributed by atoms with Crippen molar-refractivity contribution < 1.29 is 18.0 Å². The van der Waals surface area contributed by atoms with Crippen molar-refractivity contribution in [1.82, 2.24) is 10.2 Å². The van der Waals surface area contributed by atoms with E-state index in [4.69, 9.17) is 0 Å². The Morgan fingerprint density at radius 3 is 2.54 bits per heavy atom. The number of benzene rings is 1. The van der Waals surface area contributed by atoms with E-state index in [1.807, 2.05) is 29.6 Å². The van der Waals surface area contributed by atoms with Gasteiger partial charge in [0.25, 0.3) is 0 Å². The Balaban J connectivity index is 1.54. The van der Waals surface area contributed by atoms with Gasteiger partial charge in [0.2, 0.25) is 11.8 Å². The van der Waals surface area contributed by atoms with Crippen molar-refractivity contribution in [3.05, 3.63) is 57.8 Å². The van der Waals surface area contributed by atoms with Gasteiger partial charge in [-0.2, -0.15) is 0 Å². The smallest absolute Gasteiger partial charge is 0.243 e. The van der Waals surface area contributed by atoms with Crippen LogP contribution >= 0.6 is 11.3 Å². The summed E-state index contributed by atoms with van der Waals surface area (Å²) in [5.41, 5.74) is 1.61. The molecular formula is C20H24N2O4S2. The quantitative estimate of drug-likeness (QED) is 0.744. The van der Waals surface area contributed by atoms with E-state index in [0.29, 0.717) is 25.9 Å². The van der Waals surface area contributed by atoms with E-state index in [2.05, 4.69) is 5.32 Å². The van der Waals surface area contributed by atoms with Crippen LogP contribution in [0.4, 0.5) is 0 Å². The highest BCUT2D eigenvalue weighted by molar-refractivity contribution is 7.89. The number of nitrogens with one attached hydrogen (secondary N) is 1. The first-order chi connectivity index (χ1) is 13.3. The minimum atomic E-state index is -3.07. The van der Waals surface area contributed by atoms with Crippen molar-refractivity contribution in [2.75, 3.05) is 12.8 Å². The van der Waals surface area contributed by atoms with E-state index in [9.17, 15) is 18.0 Å². The minimum absolute atomic E-state index is 0.00300. The van der Waals surface area contributed by atoms with Crippen LogP contribution in [-0.4, -0.2) is 44.0 Å². The molecule has 1 N–H and O–H groups in total. The van der Waals surface area contributed by atoms with E-state index < -0.39 is 15.9 Å². The van der Waals surface area contributed by atoms with Gasteiger partial charge in [0.15, 0.2) is 9.84 Å². The second-order valence-electron chi connectivity index (χ2n) is 7.11. The second-order valence-corrected chi connectivity index (χ2v) is 10.3. The number of nitrogens with zero attached hydrogens (tertiary/aromatic N) is 1. The van der Waals surface area contributed by atoms with Crippen LogP contribution < -0.4 is 5.32 Å². The first kappa shape index (κ1) is 20.5. The summed E-state index contributed by atoms with van der Waals surface area (Å²) in [4.78, 5) is 27.9. The molecule has 1 aromatic carbocycles. The predicted molar refractivity (Wildman–Crippen MR) is 110 cm³/mol. The Hall–Kier alpha value is -2.19. The van der Waals surface area contributed by atoms with Gasteiger partial charge in [-0.05, 0) is 35.4 Å². The lowest BCUT2D eigenvalue weighted by atomic mass is 10.1. The van der Waals surface area contributed by atoms with Crippen molar-refractivity contribution in [3.63, 3.8) is 0 Å². The number of thiophene rings is 1. The number of carbonyl (C=O) groups excluding carboxylic acids is 2. The normalized spacial score (nSPS) is 16.9. The molecule has 1 fully saturated rings. The first-order valence-electron chi connectivity index (χ1n) is 9.17. The summed E-state index contributed by atoms with van der Waals surface area (Å²) in [7, 11) is -3.07. The van der Waals surface area contributed by atoms with Gasteiger partial charge in [0.05, 0.1) is 12.2 Å². The monoisotopic (exact) mass is 420 g/mol. The predicted octanol–water partition coefficient (Wildman–Crippen LogP) is 2.14. The minimum Gasteiger partial charge on any atom is -0.350 e. The fourth-order valence-corrected chi connectivity index (χ4v) is 4.86. The molecule has 0 radical (unpaired) electrons. The Morgan fingerprint density at radius 1 is 1.18 bits per heavy atom. The highest BCUT2D eigenvalue weighted by Crippen LogP contribution is 2.20. The number of rotatable bonds is 7. The summed E-state index contributed by atoms with van der Waals surface area (Å²) in [6, 6.07) is 10.6. The zero-order chi connectivity index (χ0) is 20.1. The van der Waals surface area contributed by atoms with E-state index in [1.165, 1.54) is 6.26 Å². The molecule has 3 rings (SSSR count). The lowest BCUT2D eigenvalue weighted by molar-refractivity contribution is -0.138. The zero-order valence-corrected chi connectivity index (χ0v) is 17.4. The van der Waals surface area contributed by atoms with Gasteiger partial charge in [0, 0.05) is 24.2 Å². The van der Waals surface area contributed by atoms with Crippen LogP contribution in [0.5, 0.6) is 0 Å². The molecule has 1 aliphatic heterocycles. The Morgan fingerprint density at radius 2 is 1.89 bits per heavy atom. The van der Waals surface area contributed by atoms with Crippen molar-refractivity contribution >= 4 is 33.0 Å². The third-order valence-corrected chi connectivity index (χ3v) is 6.43. The number of hydrogen-bond acceptors (Lipinski definition) is 5. The average Bonchev–Trinajstić information content (AvgIpc) is 3.31. The molecular weight excluding hydrogens is 396 g/mol. The maximum absolute atomic E-state index is 12.6. The molecule has 28 heavy (non-hydrogen) atoms. The van der Waals surface area contributed by atoms with E-state index in [1.54, 1.807) is 28.4 Å². The molecule has 2 aromatic rings. The molecule has 6 nitrogen and oxygen atoms in total. The van der Waals surface area contributed by atoms with Gasteiger partial charge >= 0.3 is 0 Å². The maximum atomic E-state index is 12.6. The molecule has 0 spiro atoms. The number of likely N-dealkylation sites (tertiary alicyclic amines) is 1. The fourth-order valence-electron chi connectivity index (χ4n) is 3.36. The average molecular weight is 421 g/mol. The van der Waals surface area contributed by atoms with Crippen molar-refractivity contribution in [2.24, 2.45) is 0 Å². The highest BCUT2D eigenvalue weighted by atomic mass is 32.2. The molecule has 150 valence electrons. The Bertz CT molecular complexity index is 922. The van der Waals surface area contributed by atoms with Crippen molar-refractivity contribution in [3.8, 4) is 0 Å². The Kier molecular flexibility index (Phi) is 6.51. The van der Waals surface area contributed by atoms with Crippen LogP contribution in [0, 0.1) is 0 Å². The van der Waals surface area contributed by atoms with Crippen LogP contribution in [0.25, 0.3) is 0 Å². The zero-order valence-electron chi connectivity index (χ0n) is 15.8. The summed E-state index contributed by atoms with van der Waals surface area (Å²) in [5, 5.41) is 4.85. The lowest BCUT2D eigenvalue weighted by Gasteiger charge is -2.24. The standard InChI is InChI=1S/C20H24N2O4S2/c1-28(25,26)14-16-8-6-15(7-9-16)13-21-20(24)18-5-2-10-22(18)19(23)12-17-4-3-11-27-17/h3-4,6-9,11,18H,2,5,10,12-14H2,1H3,(H,21,24). The molecule has 1 aliphatic rings. The van der Waals surface area contributed by atoms with Crippen LogP contribution in [0.15, 0.2) is 41.8 Å². The van der Waals surface area contributed by atoms with E-state index in [-0.39, 0.29) is 17.6 Å². The van der Waals surface area contributed by atoms with Gasteiger partial charge in [-0.25, -0.2) is 8.42 Å². The van der Waals surface area contributed by atoms with Crippen molar-refractivity contribution in [2.45, 2.75) is 37.6 Å². The summed E-state index contributed by atoms with van der Waals surface area (Å²) in [6.45, 7) is 0.962. The molecule has 8 heteroatoms. The van der Waals surface area contributed by atoms with Crippen LogP contribution in [0.1, 0.15) is 28.8 Å². The summed E-state index contributed by atoms with van der Waals surface area (Å²) in [6.07, 6.45) is 3.04. The highest BCUT2D eigenvalue weighted by Gasteiger charge is 2.33. The first-order valence-corrected chi connectivity index (χ1v) is 12.1. The fraction of sp³-hybridized carbons (Fsp3) is 0.400. The molecule has 1 unspecified atom stereocenters. The van der Waals surface area contributed by atoms with Gasteiger partial charge in [-0.3, -0.25) is 9.59 Å². The maximum Gasteiger partial charge on any atom is 0.243 e. The number of hydrogen-bond donors (Lipinski definition) is 1. The topological polar surface area (TPSA) is 83.6 Å². The van der Waals surface area contributed by atoms with Crippen LogP contribution in [0.2, 0.25) is 0 Å². The number of sulfone groups is 1. The van der Waals surface area contributed by atoms with E-state index >= 15 is 0 Å². The Labute approximate surface area is 169 Å². The van der Waals surface area contributed by atoms with Crippen LogP contribution in [0.3, 0.4) is 0 Å².